The molecule has 1 heterocycles. The Hall–Kier alpha value is -4.10. The lowest BCUT2D eigenvalue weighted by molar-refractivity contribution is -0.120. The standard InChI is InChI=1S/C27H24ClN3O4/c1-4-35-22-11-6-5-10-20(22)30-25(32)18-8-7-9-19(15-18)29-24-23(28)26(33)31(27(24)34)21-13-12-16(2)14-17(21)3/h5-15,29H,4H2,1-3H3,(H,30,32). The monoisotopic (exact) mass is 489 g/mol. The number of hydrogen-bond acceptors (Lipinski definition) is 5. The van der Waals surface area contributed by atoms with Crippen LogP contribution in [0.3, 0.4) is 0 Å². The van der Waals surface area contributed by atoms with E-state index in [0.717, 1.165) is 16.0 Å². The zero-order valence-electron chi connectivity index (χ0n) is 19.5. The lowest BCUT2D eigenvalue weighted by atomic mass is 10.1. The molecule has 178 valence electrons. The van der Waals surface area contributed by atoms with Gasteiger partial charge in [0.25, 0.3) is 17.7 Å². The minimum atomic E-state index is -0.604. The average Bonchev–Trinajstić information content (AvgIpc) is 3.04. The minimum Gasteiger partial charge on any atom is -0.492 e. The van der Waals surface area contributed by atoms with Crippen LogP contribution in [-0.4, -0.2) is 24.3 Å². The molecule has 0 saturated carbocycles. The third-order valence-electron chi connectivity index (χ3n) is 5.45. The van der Waals surface area contributed by atoms with Crippen molar-refractivity contribution in [2.24, 2.45) is 0 Å². The number of halogens is 1. The Morgan fingerprint density at radius 2 is 1.74 bits per heavy atom. The first-order valence-corrected chi connectivity index (χ1v) is 11.4. The lowest BCUT2D eigenvalue weighted by Crippen LogP contribution is -2.32. The topological polar surface area (TPSA) is 87.7 Å². The summed E-state index contributed by atoms with van der Waals surface area (Å²) in [4.78, 5) is 39.9. The number of amides is 3. The van der Waals surface area contributed by atoms with Crippen molar-refractivity contribution < 1.29 is 19.1 Å². The van der Waals surface area contributed by atoms with Crippen molar-refractivity contribution in [3.05, 3.63) is 94.1 Å². The molecule has 0 atom stereocenters. The fourth-order valence-corrected chi connectivity index (χ4v) is 4.03. The Labute approximate surface area is 208 Å². The number of anilines is 3. The number of imide groups is 1. The summed E-state index contributed by atoms with van der Waals surface area (Å²) in [5.74, 6) is -0.956. The number of aryl methyl sites for hydroxylation is 2. The number of nitrogens with one attached hydrogen (secondary N) is 2. The van der Waals surface area contributed by atoms with Gasteiger partial charge in [-0.05, 0) is 62.7 Å². The molecular formula is C27H24ClN3O4. The molecule has 0 aliphatic carbocycles. The van der Waals surface area contributed by atoms with E-state index >= 15 is 0 Å². The van der Waals surface area contributed by atoms with Crippen LogP contribution in [0.25, 0.3) is 0 Å². The highest BCUT2D eigenvalue weighted by atomic mass is 35.5. The van der Waals surface area contributed by atoms with Gasteiger partial charge in [0, 0.05) is 11.3 Å². The van der Waals surface area contributed by atoms with Crippen molar-refractivity contribution in [3.8, 4) is 5.75 Å². The molecular weight excluding hydrogens is 466 g/mol. The number of rotatable bonds is 7. The molecule has 2 N–H and O–H groups in total. The molecule has 0 aromatic heterocycles. The van der Waals surface area contributed by atoms with Crippen LogP contribution in [-0.2, 0) is 9.59 Å². The fourth-order valence-electron chi connectivity index (χ4n) is 3.81. The van der Waals surface area contributed by atoms with Crippen LogP contribution in [0.2, 0.25) is 0 Å². The quantitative estimate of drug-likeness (QED) is 0.434. The van der Waals surface area contributed by atoms with Crippen molar-refractivity contribution in [1.82, 2.24) is 0 Å². The van der Waals surface area contributed by atoms with Gasteiger partial charge in [0.1, 0.15) is 16.5 Å². The summed E-state index contributed by atoms with van der Waals surface area (Å²) < 4.78 is 5.56. The predicted molar refractivity (Wildman–Crippen MR) is 137 cm³/mol. The molecule has 7 nitrogen and oxygen atoms in total. The zero-order valence-corrected chi connectivity index (χ0v) is 20.3. The molecule has 0 spiro atoms. The number of carbonyl (C=O) groups excluding carboxylic acids is 3. The predicted octanol–water partition coefficient (Wildman–Crippen LogP) is 5.39. The van der Waals surface area contributed by atoms with Crippen LogP contribution < -0.4 is 20.3 Å². The highest BCUT2D eigenvalue weighted by molar-refractivity contribution is 6.53. The second-order valence-corrected chi connectivity index (χ2v) is 8.39. The fraction of sp³-hybridized carbons (Fsp3) is 0.148. The normalized spacial score (nSPS) is 13.3. The minimum absolute atomic E-state index is 0.0455. The summed E-state index contributed by atoms with van der Waals surface area (Å²) >= 11 is 6.27. The van der Waals surface area contributed by atoms with E-state index in [2.05, 4.69) is 10.6 Å². The first-order valence-electron chi connectivity index (χ1n) is 11.1. The van der Waals surface area contributed by atoms with Gasteiger partial charge in [-0.15, -0.1) is 0 Å². The summed E-state index contributed by atoms with van der Waals surface area (Å²) in [5.41, 5.74) is 3.56. The second kappa shape index (κ2) is 10.0. The van der Waals surface area contributed by atoms with Gasteiger partial charge < -0.3 is 15.4 Å². The van der Waals surface area contributed by atoms with Crippen LogP contribution in [0, 0.1) is 13.8 Å². The van der Waals surface area contributed by atoms with Gasteiger partial charge in [-0.3, -0.25) is 14.4 Å². The van der Waals surface area contributed by atoms with E-state index in [1.54, 1.807) is 48.5 Å². The molecule has 4 rings (SSSR count). The molecule has 0 saturated heterocycles. The van der Waals surface area contributed by atoms with E-state index in [0.29, 0.717) is 35.0 Å². The van der Waals surface area contributed by atoms with Crippen LogP contribution >= 0.6 is 11.6 Å². The number of carbonyl (C=O) groups is 3. The van der Waals surface area contributed by atoms with E-state index < -0.39 is 11.8 Å². The molecule has 35 heavy (non-hydrogen) atoms. The van der Waals surface area contributed by atoms with Gasteiger partial charge in [0.05, 0.1) is 18.0 Å². The summed E-state index contributed by atoms with van der Waals surface area (Å²) in [6, 6.07) is 19.2. The summed E-state index contributed by atoms with van der Waals surface area (Å²) in [6.07, 6.45) is 0. The van der Waals surface area contributed by atoms with Crippen molar-refractivity contribution in [1.29, 1.82) is 0 Å². The molecule has 1 aliphatic heterocycles. The summed E-state index contributed by atoms with van der Waals surface area (Å²) in [7, 11) is 0. The third-order valence-corrected chi connectivity index (χ3v) is 5.80. The summed E-state index contributed by atoms with van der Waals surface area (Å²) in [5, 5.41) is 5.55. The van der Waals surface area contributed by atoms with E-state index in [-0.39, 0.29) is 16.6 Å². The van der Waals surface area contributed by atoms with Gasteiger partial charge in [-0.2, -0.15) is 0 Å². The SMILES string of the molecule is CCOc1ccccc1NC(=O)c1cccc(NC2=C(Cl)C(=O)N(c3ccc(C)cc3C)C2=O)c1. The molecule has 3 aromatic rings. The molecule has 0 unspecified atom stereocenters. The van der Waals surface area contributed by atoms with E-state index in [1.165, 1.54) is 0 Å². The number of benzene rings is 3. The number of para-hydroxylation sites is 2. The second-order valence-electron chi connectivity index (χ2n) is 8.01. The molecule has 0 bridgehead atoms. The van der Waals surface area contributed by atoms with Crippen molar-refractivity contribution in [3.63, 3.8) is 0 Å². The van der Waals surface area contributed by atoms with Crippen molar-refractivity contribution in [2.75, 3.05) is 22.1 Å². The van der Waals surface area contributed by atoms with Crippen molar-refractivity contribution >= 4 is 46.4 Å². The number of nitrogens with zero attached hydrogens (tertiary/aromatic N) is 1. The average molecular weight is 490 g/mol. The Bertz CT molecular complexity index is 1370. The van der Waals surface area contributed by atoms with Gasteiger partial charge in [0.15, 0.2) is 0 Å². The Morgan fingerprint density at radius 1 is 0.971 bits per heavy atom. The smallest absolute Gasteiger partial charge is 0.283 e. The van der Waals surface area contributed by atoms with Gasteiger partial charge in [-0.25, -0.2) is 4.90 Å². The Morgan fingerprint density at radius 3 is 2.49 bits per heavy atom. The Kier molecular flexibility index (Phi) is 6.89. The maximum Gasteiger partial charge on any atom is 0.283 e. The zero-order chi connectivity index (χ0) is 25.1. The highest BCUT2D eigenvalue weighted by Crippen LogP contribution is 2.32. The first kappa shape index (κ1) is 24.0. The van der Waals surface area contributed by atoms with E-state index in [4.69, 9.17) is 16.3 Å². The van der Waals surface area contributed by atoms with Crippen molar-refractivity contribution in [2.45, 2.75) is 20.8 Å². The van der Waals surface area contributed by atoms with Crippen LogP contribution in [0.5, 0.6) is 5.75 Å². The van der Waals surface area contributed by atoms with Gasteiger partial charge >= 0.3 is 0 Å². The lowest BCUT2D eigenvalue weighted by Gasteiger charge is -2.18. The molecule has 3 aromatic carbocycles. The van der Waals surface area contributed by atoms with Crippen LogP contribution in [0.15, 0.2) is 77.5 Å². The largest absolute Gasteiger partial charge is 0.492 e. The molecule has 8 heteroatoms. The summed E-state index contributed by atoms with van der Waals surface area (Å²) in [6.45, 7) is 6.09. The molecule has 0 fully saturated rings. The molecule has 1 aliphatic rings. The maximum atomic E-state index is 13.1. The van der Waals surface area contributed by atoms with E-state index in [1.807, 2.05) is 39.0 Å². The van der Waals surface area contributed by atoms with Gasteiger partial charge in [0.2, 0.25) is 0 Å². The molecule has 0 radical (unpaired) electrons. The van der Waals surface area contributed by atoms with Crippen LogP contribution in [0.1, 0.15) is 28.4 Å². The number of ether oxygens (including phenoxy) is 1. The third kappa shape index (κ3) is 4.90. The molecule has 3 amide bonds. The Balaban J connectivity index is 1.55. The first-order chi connectivity index (χ1) is 16.8. The highest BCUT2D eigenvalue weighted by Gasteiger charge is 2.39. The maximum absolute atomic E-state index is 13.1. The van der Waals surface area contributed by atoms with Gasteiger partial charge in [-0.1, -0.05) is 47.5 Å². The van der Waals surface area contributed by atoms with E-state index in [9.17, 15) is 14.4 Å². The number of hydrogen-bond donors (Lipinski definition) is 2. The van der Waals surface area contributed by atoms with Crippen LogP contribution in [0.4, 0.5) is 17.1 Å².